The lowest BCUT2D eigenvalue weighted by molar-refractivity contribution is 0.506. The molecule has 0 spiro atoms. The smallest absolute Gasteiger partial charge is 0.159 e. The summed E-state index contributed by atoms with van der Waals surface area (Å²) in [6.45, 7) is 1.78. The minimum atomic E-state index is -0.895. The average molecular weight is 330 g/mol. The van der Waals surface area contributed by atoms with Crippen molar-refractivity contribution in [3.05, 3.63) is 63.9 Å². The third-order valence-electron chi connectivity index (χ3n) is 2.75. The Morgan fingerprint density at radius 3 is 2.32 bits per heavy atom. The van der Waals surface area contributed by atoms with Gasteiger partial charge in [-0.25, -0.2) is 13.2 Å². The van der Waals surface area contributed by atoms with Gasteiger partial charge in [0, 0.05) is 11.7 Å². The number of nitrogens with one attached hydrogen (secondary N) is 1. The van der Waals surface area contributed by atoms with E-state index in [1.165, 1.54) is 12.1 Å². The van der Waals surface area contributed by atoms with Gasteiger partial charge in [0.2, 0.25) is 0 Å². The van der Waals surface area contributed by atoms with E-state index >= 15 is 0 Å². The summed E-state index contributed by atoms with van der Waals surface area (Å²) in [5, 5.41) is 3.02. The van der Waals surface area contributed by atoms with Crippen LogP contribution in [0.5, 0.6) is 0 Å². The largest absolute Gasteiger partial charge is 0.378 e. The van der Waals surface area contributed by atoms with E-state index in [4.69, 9.17) is 0 Å². The molecule has 1 nitrogen and oxygen atoms in total. The quantitative estimate of drug-likeness (QED) is 0.831. The van der Waals surface area contributed by atoms with Crippen LogP contribution < -0.4 is 5.32 Å². The van der Waals surface area contributed by atoms with Gasteiger partial charge in [-0.05, 0) is 58.7 Å². The maximum atomic E-state index is 13.4. The number of anilines is 1. The van der Waals surface area contributed by atoms with E-state index in [0.29, 0.717) is 15.7 Å². The molecule has 5 heteroatoms. The molecule has 0 aliphatic heterocycles. The minimum absolute atomic E-state index is 0.268. The van der Waals surface area contributed by atoms with Gasteiger partial charge in [-0.2, -0.15) is 0 Å². The second-order valence-corrected chi connectivity index (χ2v) is 5.02. The highest BCUT2D eigenvalue weighted by Crippen LogP contribution is 2.24. The summed E-state index contributed by atoms with van der Waals surface area (Å²) in [6.07, 6.45) is 0. The van der Waals surface area contributed by atoms with Crippen LogP contribution in [0.3, 0.4) is 0 Å². The van der Waals surface area contributed by atoms with E-state index in [1.807, 2.05) is 0 Å². The standard InChI is InChI=1S/C14H11BrF3N/c1-8(9-2-5-12(16)14(18)6-9)19-10-3-4-11(15)13(17)7-10/h2-8,19H,1H3. The zero-order valence-corrected chi connectivity index (χ0v) is 11.6. The Balaban J connectivity index is 2.17. The van der Waals surface area contributed by atoms with E-state index in [-0.39, 0.29) is 11.9 Å². The summed E-state index contributed by atoms with van der Waals surface area (Å²) in [6, 6.07) is 8.04. The Kier molecular flexibility index (Phi) is 4.14. The SMILES string of the molecule is CC(Nc1ccc(Br)c(F)c1)c1ccc(F)c(F)c1. The monoisotopic (exact) mass is 329 g/mol. The predicted octanol–water partition coefficient (Wildman–Crippen LogP) is 5.04. The Hall–Kier alpha value is -1.49. The molecule has 0 amide bonds. The minimum Gasteiger partial charge on any atom is -0.378 e. The maximum absolute atomic E-state index is 13.4. The molecular weight excluding hydrogens is 319 g/mol. The van der Waals surface area contributed by atoms with E-state index in [0.717, 1.165) is 12.1 Å². The lowest BCUT2D eigenvalue weighted by atomic mass is 10.1. The molecule has 2 rings (SSSR count). The van der Waals surface area contributed by atoms with Crippen LogP contribution in [-0.2, 0) is 0 Å². The van der Waals surface area contributed by atoms with Gasteiger partial charge in [-0.1, -0.05) is 6.07 Å². The first-order chi connectivity index (χ1) is 8.97. The van der Waals surface area contributed by atoms with Gasteiger partial charge in [0.25, 0.3) is 0 Å². The fourth-order valence-electron chi connectivity index (χ4n) is 1.70. The molecule has 0 aliphatic carbocycles. The summed E-state index contributed by atoms with van der Waals surface area (Å²) >= 11 is 3.06. The molecule has 0 radical (unpaired) electrons. The molecule has 2 aromatic carbocycles. The topological polar surface area (TPSA) is 12.0 Å². The first kappa shape index (κ1) is 13.9. The second-order valence-electron chi connectivity index (χ2n) is 4.17. The lowest BCUT2D eigenvalue weighted by Gasteiger charge is -2.16. The van der Waals surface area contributed by atoms with Crippen LogP contribution in [-0.4, -0.2) is 0 Å². The molecule has 0 aliphatic rings. The molecule has 1 unspecified atom stereocenters. The number of hydrogen-bond acceptors (Lipinski definition) is 1. The third kappa shape index (κ3) is 3.29. The summed E-state index contributed by atoms with van der Waals surface area (Å²) < 4.78 is 39.7. The molecule has 0 bridgehead atoms. The molecule has 1 atom stereocenters. The molecule has 2 aromatic rings. The van der Waals surface area contributed by atoms with Crippen molar-refractivity contribution in [2.45, 2.75) is 13.0 Å². The van der Waals surface area contributed by atoms with Gasteiger partial charge in [0.15, 0.2) is 11.6 Å². The van der Waals surface area contributed by atoms with Crippen molar-refractivity contribution in [1.82, 2.24) is 0 Å². The van der Waals surface area contributed by atoms with Crippen LogP contribution >= 0.6 is 15.9 Å². The van der Waals surface area contributed by atoms with Crippen LogP contribution in [0.4, 0.5) is 18.9 Å². The van der Waals surface area contributed by atoms with E-state index in [2.05, 4.69) is 21.2 Å². The molecule has 1 N–H and O–H groups in total. The van der Waals surface area contributed by atoms with Crippen LogP contribution in [0.25, 0.3) is 0 Å². The Bertz CT molecular complexity index is 601. The molecule has 0 aromatic heterocycles. The van der Waals surface area contributed by atoms with Crippen LogP contribution in [0, 0.1) is 17.5 Å². The van der Waals surface area contributed by atoms with E-state index in [1.54, 1.807) is 19.1 Å². The van der Waals surface area contributed by atoms with Crippen LogP contribution in [0.15, 0.2) is 40.9 Å². The normalized spacial score (nSPS) is 12.3. The molecule has 100 valence electrons. The Morgan fingerprint density at radius 1 is 0.947 bits per heavy atom. The maximum Gasteiger partial charge on any atom is 0.159 e. The average Bonchev–Trinajstić information content (AvgIpc) is 2.37. The molecule has 0 saturated carbocycles. The highest BCUT2D eigenvalue weighted by atomic mass is 79.9. The van der Waals surface area contributed by atoms with Gasteiger partial charge in [-0.15, -0.1) is 0 Å². The fourth-order valence-corrected chi connectivity index (χ4v) is 1.95. The summed E-state index contributed by atoms with van der Waals surface area (Å²) in [5.41, 5.74) is 1.15. The lowest BCUT2D eigenvalue weighted by Crippen LogP contribution is -2.07. The molecule has 0 heterocycles. The Morgan fingerprint density at radius 2 is 1.68 bits per heavy atom. The van der Waals surface area contributed by atoms with Gasteiger partial charge >= 0.3 is 0 Å². The first-order valence-electron chi connectivity index (χ1n) is 5.64. The van der Waals surface area contributed by atoms with E-state index in [9.17, 15) is 13.2 Å². The van der Waals surface area contributed by atoms with Gasteiger partial charge in [0.05, 0.1) is 4.47 Å². The summed E-state index contributed by atoms with van der Waals surface area (Å²) in [5.74, 6) is -2.17. The van der Waals surface area contributed by atoms with Gasteiger partial charge < -0.3 is 5.32 Å². The number of hydrogen-bond donors (Lipinski definition) is 1. The van der Waals surface area contributed by atoms with Crippen molar-refractivity contribution in [3.63, 3.8) is 0 Å². The van der Waals surface area contributed by atoms with Gasteiger partial charge in [0.1, 0.15) is 5.82 Å². The van der Waals surface area contributed by atoms with Crippen LogP contribution in [0.2, 0.25) is 0 Å². The van der Waals surface area contributed by atoms with Gasteiger partial charge in [-0.3, -0.25) is 0 Å². The second kappa shape index (κ2) is 5.65. The van der Waals surface area contributed by atoms with Crippen LogP contribution in [0.1, 0.15) is 18.5 Å². The van der Waals surface area contributed by atoms with Crippen molar-refractivity contribution >= 4 is 21.6 Å². The highest BCUT2D eigenvalue weighted by molar-refractivity contribution is 9.10. The zero-order valence-electron chi connectivity index (χ0n) is 10.1. The molecular formula is C14H11BrF3N. The molecule has 0 saturated heterocycles. The van der Waals surface area contributed by atoms with Crippen molar-refractivity contribution in [2.75, 3.05) is 5.32 Å². The van der Waals surface area contributed by atoms with Crippen molar-refractivity contribution in [1.29, 1.82) is 0 Å². The highest BCUT2D eigenvalue weighted by Gasteiger charge is 2.10. The fraction of sp³-hybridized carbons (Fsp3) is 0.143. The summed E-state index contributed by atoms with van der Waals surface area (Å²) in [4.78, 5) is 0. The van der Waals surface area contributed by atoms with Crippen molar-refractivity contribution in [3.8, 4) is 0 Å². The Labute approximate surface area is 117 Å². The number of rotatable bonds is 3. The van der Waals surface area contributed by atoms with Crippen molar-refractivity contribution in [2.24, 2.45) is 0 Å². The first-order valence-corrected chi connectivity index (χ1v) is 6.43. The van der Waals surface area contributed by atoms with E-state index < -0.39 is 11.6 Å². The zero-order chi connectivity index (χ0) is 14.0. The third-order valence-corrected chi connectivity index (χ3v) is 3.39. The molecule has 0 fully saturated rings. The number of benzene rings is 2. The number of halogens is 4. The predicted molar refractivity (Wildman–Crippen MR) is 72.5 cm³/mol. The molecule has 19 heavy (non-hydrogen) atoms. The summed E-state index contributed by atoms with van der Waals surface area (Å²) in [7, 11) is 0. The van der Waals surface area contributed by atoms with Crippen molar-refractivity contribution < 1.29 is 13.2 Å².